The first kappa shape index (κ1) is 61.4. The summed E-state index contributed by atoms with van der Waals surface area (Å²) < 4.78 is 0. The number of aliphatic hydroxyl groups excluding tert-OH is 2. The number of hydrogen-bond acceptors (Lipinski definition) is 3. The molecule has 0 fully saturated rings. The summed E-state index contributed by atoms with van der Waals surface area (Å²) in [5, 5.41) is 23.0. The van der Waals surface area contributed by atoms with Crippen LogP contribution in [0.2, 0.25) is 0 Å². The van der Waals surface area contributed by atoms with Gasteiger partial charge < -0.3 is 15.5 Å². The fourth-order valence-electron chi connectivity index (χ4n) is 8.70. The smallest absolute Gasteiger partial charge is 0.220 e. The van der Waals surface area contributed by atoms with E-state index in [2.05, 4.69) is 55.6 Å². The number of hydrogen-bond donors (Lipinski definition) is 3. The minimum absolute atomic E-state index is 0.0727. The van der Waals surface area contributed by atoms with Gasteiger partial charge in [0.05, 0.1) is 18.8 Å². The molecule has 0 bridgehead atoms. The molecule has 4 heteroatoms. The van der Waals surface area contributed by atoms with Crippen LogP contribution in [0.15, 0.2) is 48.6 Å². The second-order valence-corrected chi connectivity index (χ2v) is 19.3. The molecule has 0 aliphatic rings. The number of amides is 1. The Labute approximate surface area is 394 Å². The topological polar surface area (TPSA) is 69.6 Å². The van der Waals surface area contributed by atoms with E-state index in [1.165, 1.54) is 244 Å². The number of allylic oxidation sites excluding steroid dienone is 7. The van der Waals surface area contributed by atoms with E-state index in [9.17, 15) is 15.0 Å². The molecule has 0 rings (SSSR count). The molecule has 0 aliphatic carbocycles. The highest BCUT2D eigenvalue weighted by molar-refractivity contribution is 5.76. The summed E-state index contributed by atoms with van der Waals surface area (Å²) in [6, 6.07) is -0.638. The molecule has 0 heterocycles. The molecule has 63 heavy (non-hydrogen) atoms. The number of carbonyl (C=O) groups is 1. The van der Waals surface area contributed by atoms with Crippen molar-refractivity contribution >= 4 is 5.91 Å². The second kappa shape index (κ2) is 54.7. The molecular formula is C59H111NO3. The van der Waals surface area contributed by atoms with Crippen LogP contribution in [-0.2, 0) is 4.79 Å². The van der Waals surface area contributed by atoms with E-state index in [0.29, 0.717) is 6.42 Å². The van der Waals surface area contributed by atoms with Crippen molar-refractivity contribution in [3.05, 3.63) is 48.6 Å². The lowest BCUT2D eigenvalue weighted by molar-refractivity contribution is -0.123. The Morgan fingerprint density at radius 3 is 1.02 bits per heavy atom. The van der Waals surface area contributed by atoms with Crippen molar-refractivity contribution in [2.24, 2.45) is 0 Å². The van der Waals surface area contributed by atoms with E-state index in [-0.39, 0.29) is 12.5 Å². The van der Waals surface area contributed by atoms with Crippen molar-refractivity contribution in [1.82, 2.24) is 5.32 Å². The Kier molecular flexibility index (Phi) is 53.3. The zero-order chi connectivity index (χ0) is 45.6. The maximum atomic E-state index is 12.4. The molecule has 2 unspecified atom stereocenters. The Morgan fingerprint density at radius 1 is 0.381 bits per heavy atom. The molecule has 0 aromatic carbocycles. The number of nitrogens with one attached hydrogen (secondary N) is 1. The fourth-order valence-corrected chi connectivity index (χ4v) is 8.70. The summed E-state index contributed by atoms with van der Waals surface area (Å²) in [5.41, 5.74) is 0. The molecule has 0 saturated carbocycles. The molecule has 4 nitrogen and oxygen atoms in total. The van der Waals surface area contributed by atoms with Gasteiger partial charge in [0.1, 0.15) is 0 Å². The van der Waals surface area contributed by atoms with Crippen LogP contribution in [0.4, 0.5) is 0 Å². The number of aliphatic hydroxyl groups is 2. The first-order valence-electron chi connectivity index (χ1n) is 28.4. The Balaban J connectivity index is 3.42. The minimum atomic E-state index is -0.861. The van der Waals surface area contributed by atoms with E-state index in [1.807, 2.05) is 6.08 Å². The fraction of sp³-hybridized carbons (Fsp3) is 0.847. The van der Waals surface area contributed by atoms with Gasteiger partial charge in [-0.15, -0.1) is 0 Å². The van der Waals surface area contributed by atoms with Gasteiger partial charge in [-0.1, -0.05) is 281 Å². The molecule has 0 aromatic rings. The van der Waals surface area contributed by atoms with Crippen LogP contribution in [0.3, 0.4) is 0 Å². The van der Waals surface area contributed by atoms with Crippen LogP contribution in [0.25, 0.3) is 0 Å². The summed E-state index contributed by atoms with van der Waals surface area (Å²) in [6.07, 6.45) is 75.8. The van der Waals surface area contributed by atoms with E-state index in [4.69, 9.17) is 0 Å². The van der Waals surface area contributed by atoms with Crippen molar-refractivity contribution in [3.8, 4) is 0 Å². The van der Waals surface area contributed by atoms with Crippen molar-refractivity contribution in [2.45, 2.75) is 315 Å². The normalized spacial score (nSPS) is 13.1. The lowest BCUT2D eigenvalue weighted by Crippen LogP contribution is -2.45. The Hall–Kier alpha value is -1.65. The van der Waals surface area contributed by atoms with E-state index in [1.54, 1.807) is 6.08 Å². The van der Waals surface area contributed by atoms with Gasteiger partial charge in [-0.05, 0) is 64.2 Å². The van der Waals surface area contributed by atoms with E-state index < -0.39 is 12.1 Å². The van der Waals surface area contributed by atoms with Crippen LogP contribution in [0.5, 0.6) is 0 Å². The van der Waals surface area contributed by atoms with E-state index in [0.717, 1.165) is 38.5 Å². The standard InChI is InChI=1S/C59H111NO3/c1-3-5-7-9-11-13-15-17-18-19-20-21-22-23-24-25-26-27-28-29-30-31-32-33-34-35-36-37-38-39-40-41-42-43-45-47-49-51-53-55-59(63)60-57(56-61)58(62)54-52-50-48-46-44-16-14-12-10-8-6-4-2/h26-27,29-30,44,46,52,54,57-58,61-62H,3-25,28,31-43,45,47-51,53,55-56H2,1-2H3,(H,60,63)/b27-26-,30-29-,46-44+,54-52+. The lowest BCUT2D eigenvalue weighted by Gasteiger charge is -2.19. The molecule has 0 radical (unpaired) electrons. The third kappa shape index (κ3) is 51.2. The van der Waals surface area contributed by atoms with Crippen LogP contribution < -0.4 is 5.32 Å². The summed E-state index contributed by atoms with van der Waals surface area (Å²) >= 11 is 0. The molecule has 0 saturated heterocycles. The summed E-state index contributed by atoms with van der Waals surface area (Å²) in [5.74, 6) is -0.0727. The molecule has 2 atom stereocenters. The first-order chi connectivity index (χ1) is 31.2. The van der Waals surface area contributed by atoms with Crippen molar-refractivity contribution < 1.29 is 15.0 Å². The average Bonchev–Trinajstić information content (AvgIpc) is 3.29. The van der Waals surface area contributed by atoms with Crippen LogP contribution in [0.1, 0.15) is 303 Å². The van der Waals surface area contributed by atoms with Gasteiger partial charge in [0.25, 0.3) is 0 Å². The molecule has 1 amide bonds. The Bertz CT molecular complexity index is 1000. The predicted molar refractivity (Wildman–Crippen MR) is 281 cm³/mol. The number of unbranched alkanes of at least 4 members (excludes halogenated alkanes) is 39. The monoisotopic (exact) mass is 882 g/mol. The minimum Gasteiger partial charge on any atom is -0.394 e. The highest BCUT2D eigenvalue weighted by Crippen LogP contribution is 2.17. The molecule has 3 N–H and O–H groups in total. The predicted octanol–water partition coefficient (Wildman–Crippen LogP) is 18.6. The molecule has 0 aromatic heterocycles. The van der Waals surface area contributed by atoms with Gasteiger partial charge in [0, 0.05) is 6.42 Å². The maximum absolute atomic E-state index is 12.4. The second-order valence-electron chi connectivity index (χ2n) is 19.3. The number of rotatable bonds is 52. The molecular weight excluding hydrogens is 771 g/mol. The molecule has 0 spiro atoms. The maximum Gasteiger partial charge on any atom is 0.220 e. The van der Waals surface area contributed by atoms with Crippen LogP contribution in [0, 0.1) is 0 Å². The number of carbonyl (C=O) groups excluding carboxylic acids is 1. The van der Waals surface area contributed by atoms with Crippen LogP contribution in [-0.4, -0.2) is 34.9 Å². The van der Waals surface area contributed by atoms with Gasteiger partial charge in [-0.25, -0.2) is 0 Å². The van der Waals surface area contributed by atoms with Crippen molar-refractivity contribution in [1.29, 1.82) is 0 Å². The van der Waals surface area contributed by atoms with Crippen molar-refractivity contribution in [3.63, 3.8) is 0 Å². The average molecular weight is 883 g/mol. The van der Waals surface area contributed by atoms with Gasteiger partial charge in [-0.3, -0.25) is 4.79 Å². The van der Waals surface area contributed by atoms with Gasteiger partial charge in [0.2, 0.25) is 5.91 Å². The summed E-state index contributed by atoms with van der Waals surface area (Å²) in [7, 11) is 0. The van der Waals surface area contributed by atoms with Crippen molar-refractivity contribution in [2.75, 3.05) is 6.61 Å². The van der Waals surface area contributed by atoms with Gasteiger partial charge in [0.15, 0.2) is 0 Å². The lowest BCUT2D eigenvalue weighted by atomic mass is 10.0. The summed E-state index contributed by atoms with van der Waals surface area (Å²) in [4.78, 5) is 12.4. The summed E-state index contributed by atoms with van der Waals surface area (Å²) in [6.45, 7) is 4.30. The zero-order valence-electron chi connectivity index (χ0n) is 42.6. The largest absolute Gasteiger partial charge is 0.394 e. The molecule has 0 aliphatic heterocycles. The zero-order valence-corrected chi connectivity index (χ0v) is 42.6. The third-order valence-corrected chi connectivity index (χ3v) is 13.0. The Morgan fingerprint density at radius 2 is 0.667 bits per heavy atom. The highest BCUT2D eigenvalue weighted by atomic mass is 16.3. The SMILES string of the molecule is CCCCCCCC/C=C/CC/C=C/C(O)C(CO)NC(=O)CCCCCCCCCCCCCCCCCCC/C=C\C/C=C\CCCCCCCCCCCCCCCCC. The van der Waals surface area contributed by atoms with Gasteiger partial charge in [-0.2, -0.15) is 0 Å². The molecule has 370 valence electrons. The van der Waals surface area contributed by atoms with Gasteiger partial charge >= 0.3 is 0 Å². The quantitative estimate of drug-likeness (QED) is 0.0421. The third-order valence-electron chi connectivity index (χ3n) is 13.0. The first-order valence-corrected chi connectivity index (χ1v) is 28.4. The van der Waals surface area contributed by atoms with E-state index >= 15 is 0 Å². The highest BCUT2D eigenvalue weighted by Gasteiger charge is 2.18. The van der Waals surface area contributed by atoms with Crippen LogP contribution >= 0.6 is 0 Å².